The lowest BCUT2D eigenvalue weighted by atomic mass is 10.1. The predicted molar refractivity (Wildman–Crippen MR) is 58.8 cm³/mol. The van der Waals surface area contributed by atoms with Gasteiger partial charge in [0.05, 0.1) is 10.7 Å². The van der Waals surface area contributed by atoms with Crippen LogP contribution in [0.15, 0.2) is 16.6 Å². The van der Waals surface area contributed by atoms with E-state index in [9.17, 15) is 9.59 Å². The molecule has 1 N–H and O–H groups in total. The summed E-state index contributed by atoms with van der Waals surface area (Å²) in [5.41, 5.74) is 0.730. The molecule has 0 bridgehead atoms. The van der Waals surface area contributed by atoms with Crippen LogP contribution in [0, 0.1) is 0 Å². The van der Waals surface area contributed by atoms with E-state index in [-0.39, 0.29) is 5.78 Å². The second-order valence-corrected chi connectivity index (χ2v) is 3.83. The van der Waals surface area contributed by atoms with Crippen LogP contribution in [0.3, 0.4) is 0 Å². The second kappa shape index (κ2) is 4.57. The molecule has 0 unspecified atom stereocenters. The molecule has 0 spiro atoms. The highest BCUT2D eigenvalue weighted by Crippen LogP contribution is 2.33. The van der Waals surface area contributed by atoms with Gasteiger partial charge in [0.1, 0.15) is 0 Å². The number of carbonyl (C=O) groups is 2. The maximum absolute atomic E-state index is 11.2. The fourth-order valence-corrected chi connectivity index (χ4v) is 1.59. The fraction of sp³-hybridized carbons (Fsp3) is 0.111. The van der Waals surface area contributed by atoms with Crippen molar-refractivity contribution in [3.05, 3.63) is 27.2 Å². The molecule has 0 heterocycles. The lowest BCUT2D eigenvalue weighted by Gasteiger charge is -2.08. The van der Waals surface area contributed by atoms with Crippen molar-refractivity contribution < 1.29 is 9.59 Å². The van der Waals surface area contributed by atoms with Crippen molar-refractivity contribution in [1.29, 1.82) is 0 Å². The molecule has 3 nitrogen and oxygen atoms in total. The Hall–Kier alpha value is -0.870. The van der Waals surface area contributed by atoms with Crippen molar-refractivity contribution >= 4 is 45.4 Å². The highest BCUT2D eigenvalue weighted by atomic mass is 79.9. The Labute approximate surface area is 94.6 Å². The summed E-state index contributed by atoms with van der Waals surface area (Å²) in [5.74, 6) is -0.149. The normalized spacial score (nSPS) is 9.64. The average molecular weight is 277 g/mol. The molecule has 0 aromatic heterocycles. The predicted octanol–water partition coefficient (Wildman–Crippen LogP) is 2.87. The number of carbonyl (C=O) groups excluding carboxylic acids is 2. The lowest BCUT2D eigenvalue weighted by molar-refractivity contribution is -0.105. The van der Waals surface area contributed by atoms with Gasteiger partial charge in [-0.1, -0.05) is 11.6 Å². The first-order valence-electron chi connectivity index (χ1n) is 3.77. The quantitative estimate of drug-likeness (QED) is 0.681. The van der Waals surface area contributed by atoms with Gasteiger partial charge in [-0.3, -0.25) is 9.59 Å². The summed E-state index contributed by atoms with van der Waals surface area (Å²) in [6.45, 7) is 1.41. The Kier molecular flexibility index (Phi) is 3.66. The number of rotatable bonds is 3. The molecule has 1 aromatic carbocycles. The zero-order chi connectivity index (χ0) is 10.7. The number of nitrogens with one attached hydrogen (secondary N) is 1. The van der Waals surface area contributed by atoms with E-state index in [0.717, 1.165) is 0 Å². The summed E-state index contributed by atoms with van der Waals surface area (Å²) in [4.78, 5) is 21.5. The Morgan fingerprint density at radius 2 is 2.21 bits per heavy atom. The molecule has 1 aromatic rings. The fourth-order valence-electron chi connectivity index (χ4n) is 1.04. The number of halogens is 2. The first-order chi connectivity index (χ1) is 6.57. The second-order valence-electron chi connectivity index (χ2n) is 2.60. The SMILES string of the molecule is CC(=O)c1ccc(Br)c(Cl)c1NC=O. The first kappa shape index (κ1) is 11.2. The zero-order valence-corrected chi connectivity index (χ0v) is 9.65. The van der Waals surface area contributed by atoms with E-state index in [1.165, 1.54) is 6.92 Å². The van der Waals surface area contributed by atoms with Crippen molar-refractivity contribution in [3.8, 4) is 0 Å². The van der Waals surface area contributed by atoms with Crippen molar-refractivity contribution in [2.24, 2.45) is 0 Å². The largest absolute Gasteiger partial charge is 0.327 e. The molecule has 0 fully saturated rings. The minimum atomic E-state index is -0.149. The Balaban J connectivity index is 3.36. The van der Waals surface area contributed by atoms with Crippen LogP contribution < -0.4 is 5.32 Å². The third-order valence-electron chi connectivity index (χ3n) is 1.68. The maximum atomic E-state index is 11.2. The topological polar surface area (TPSA) is 46.2 Å². The van der Waals surface area contributed by atoms with Gasteiger partial charge in [0.15, 0.2) is 5.78 Å². The van der Waals surface area contributed by atoms with Gasteiger partial charge in [-0.05, 0) is 35.0 Å². The summed E-state index contributed by atoms with van der Waals surface area (Å²) >= 11 is 9.10. The van der Waals surface area contributed by atoms with Gasteiger partial charge < -0.3 is 5.32 Å². The number of anilines is 1. The monoisotopic (exact) mass is 275 g/mol. The number of ketones is 1. The van der Waals surface area contributed by atoms with Gasteiger partial charge in [-0.15, -0.1) is 0 Å². The Morgan fingerprint density at radius 3 is 2.71 bits per heavy atom. The highest BCUT2D eigenvalue weighted by Gasteiger charge is 2.12. The minimum absolute atomic E-state index is 0.149. The van der Waals surface area contributed by atoms with Crippen molar-refractivity contribution in [2.45, 2.75) is 6.92 Å². The van der Waals surface area contributed by atoms with Crippen molar-refractivity contribution in [2.75, 3.05) is 5.32 Å². The van der Waals surface area contributed by atoms with Gasteiger partial charge in [0.25, 0.3) is 0 Å². The Bertz CT molecular complexity index is 393. The smallest absolute Gasteiger partial charge is 0.211 e. The maximum Gasteiger partial charge on any atom is 0.211 e. The number of amides is 1. The number of benzene rings is 1. The van der Waals surface area contributed by atoms with Crippen LogP contribution in [0.25, 0.3) is 0 Å². The highest BCUT2D eigenvalue weighted by molar-refractivity contribution is 9.10. The number of hydrogen-bond acceptors (Lipinski definition) is 2. The molecule has 74 valence electrons. The van der Waals surface area contributed by atoms with E-state index in [1.807, 2.05) is 0 Å². The van der Waals surface area contributed by atoms with Crippen LogP contribution in [-0.2, 0) is 4.79 Å². The first-order valence-corrected chi connectivity index (χ1v) is 4.94. The molecule has 0 aliphatic rings. The van der Waals surface area contributed by atoms with E-state index in [1.54, 1.807) is 12.1 Å². The van der Waals surface area contributed by atoms with Gasteiger partial charge in [0.2, 0.25) is 6.41 Å². The third-order valence-corrected chi connectivity index (χ3v) is 2.96. The summed E-state index contributed by atoms with van der Waals surface area (Å²) in [6.07, 6.45) is 0.486. The van der Waals surface area contributed by atoms with Gasteiger partial charge in [0, 0.05) is 10.0 Å². The van der Waals surface area contributed by atoms with Crippen LogP contribution in [0.5, 0.6) is 0 Å². The molecule has 1 amide bonds. The number of Topliss-reactive ketones (excluding diaryl/α,β-unsaturated/α-hetero) is 1. The third kappa shape index (κ3) is 2.13. The number of hydrogen-bond donors (Lipinski definition) is 1. The molecular weight excluding hydrogens is 269 g/mol. The standard InChI is InChI=1S/C9H7BrClNO2/c1-5(14)6-2-3-7(10)8(11)9(6)12-4-13/h2-4H,1H3,(H,12,13). The van der Waals surface area contributed by atoms with Crippen LogP contribution in [0.4, 0.5) is 5.69 Å². The van der Waals surface area contributed by atoms with E-state index in [2.05, 4.69) is 21.2 Å². The molecule has 1 rings (SSSR count). The molecule has 0 aliphatic heterocycles. The average Bonchev–Trinajstić information content (AvgIpc) is 2.13. The molecule has 5 heteroatoms. The van der Waals surface area contributed by atoms with Crippen LogP contribution in [0.2, 0.25) is 5.02 Å². The molecule has 0 radical (unpaired) electrons. The molecular formula is C9H7BrClNO2. The summed E-state index contributed by atoms with van der Waals surface area (Å²) in [6, 6.07) is 3.26. The van der Waals surface area contributed by atoms with E-state index >= 15 is 0 Å². The Morgan fingerprint density at radius 1 is 1.57 bits per heavy atom. The summed E-state index contributed by atoms with van der Waals surface area (Å²) < 4.78 is 0.633. The van der Waals surface area contributed by atoms with Crippen LogP contribution in [0.1, 0.15) is 17.3 Å². The summed E-state index contributed by atoms with van der Waals surface area (Å²) in [7, 11) is 0. The molecule has 0 atom stereocenters. The van der Waals surface area contributed by atoms with Crippen LogP contribution in [-0.4, -0.2) is 12.2 Å². The molecule has 14 heavy (non-hydrogen) atoms. The van der Waals surface area contributed by atoms with Crippen LogP contribution >= 0.6 is 27.5 Å². The van der Waals surface area contributed by atoms with Crippen molar-refractivity contribution in [3.63, 3.8) is 0 Å². The van der Waals surface area contributed by atoms with E-state index < -0.39 is 0 Å². The summed E-state index contributed by atoms with van der Waals surface area (Å²) in [5, 5.41) is 2.73. The lowest BCUT2D eigenvalue weighted by Crippen LogP contribution is -2.03. The van der Waals surface area contributed by atoms with Gasteiger partial charge >= 0.3 is 0 Å². The minimum Gasteiger partial charge on any atom is -0.327 e. The molecule has 0 saturated carbocycles. The van der Waals surface area contributed by atoms with E-state index in [4.69, 9.17) is 11.6 Å². The van der Waals surface area contributed by atoms with E-state index in [0.29, 0.717) is 27.2 Å². The van der Waals surface area contributed by atoms with Gasteiger partial charge in [-0.2, -0.15) is 0 Å². The zero-order valence-electron chi connectivity index (χ0n) is 7.30. The molecule has 0 aliphatic carbocycles. The van der Waals surface area contributed by atoms with Crippen molar-refractivity contribution in [1.82, 2.24) is 0 Å². The van der Waals surface area contributed by atoms with Gasteiger partial charge in [-0.25, -0.2) is 0 Å². The molecule has 0 saturated heterocycles.